The molecular weight excluding hydrogens is 717 g/mol. The predicted molar refractivity (Wildman–Crippen MR) is 206 cm³/mol. The molecule has 1 aliphatic carbocycles. The lowest BCUT2D eigenvalue weighted by molar-refractivity contribution is -0.172. The molecule has 13 heteroatoms. The number of piperidine rings is 1. The van der Waals surface area contributed by atoms with Gasteiger partial charge >= 0.3 is 12.1 Å². The molecule has 0 radical (unpaired) electrons. The van der Waals surface area contributed by atoms with Crippen molar-refractivity contribution in [2.45, 2.75) is 63.8 Å². The number of carbonyl (C=O) groups excluding carboxylic acids is 2. The minimum absolute atomic E-state index is 0.00632. The Hall–Kier alpha value is -5.92. The van der Waals surface area contributed by atoms with Gasteiger partial charge in [0.1, 0.15) is 19.0 Å². The van der Waals surface area contributed by atoms with Gasteiger partial charge in [0.25, 0.3) is 5.56 Å². The van der Waals surface area contributed by atoms with Crippen LogP contribution < -0.4 is 10.9 Å². The van der Waals surface area contributed by atoms with Crippen LogP contribution in [0.4, 0.5) is 14.9 Å². The van der Waals surface area contributed by atoms with Gasteiger partial charge in [0, 0.05) is 41.6 Å². The number of ether oxygens (including phenoxy) is 1. The molecule has 9 rings (SSSR count). The molecule has 0 bridgehead atoms. The Balaban J connectivity index is 1.06. The van der Waals surface area contributed by atoms with E-state index in [4.69, 9.17) is 9.72 Å². The summed E-state index contributed by atoms with van der Waals surface area (Å²) in [6.07, 6.45) is 1.90. The van der Waals surface area contributed by atoms with E-state index in [1.165, 1.54) is 6.07 Å². The number of anilines is 1. The zero-order valence-corrected chi connectivity index (χ0v) is 30.8. The Bertz CT molecular complexity index is 2500. The normalized spacial score (nSPS) is 18.4. The van der Waals surface area contributed by atoms with Crippen LogP contribution >= 0.6 is 0 Å². The predicted octanol–water partition coefficient (Wildman–Crippen LogP) is 5.94. The van der Waals surface area contributed by atoms with Crippen molar-refractivity contribution in [3.8, 4) is 22.5 Å². The van der Waals surface area contributed by atoms with Crippen molar-refractivity contribution in [2.24, 2.45) is 0 Å². The van der Waals surface area contributed by atoms with Crippen LogP contribution in [-0.4, -0.2) is 73.7 Å². The summed E-state index contributed by atoms with van der Waals surface area (Å²) >= 11 is 0. The fraction of sp³-hybridized carbons (Fsp3) is 0.326. The molecule has 1 atom stereocenters. The summed E-state index contributed by atoms with van der Waals surface area (Å²) in [6.45, 7) is 3.27. The van der Waals surface area contributed by atoms with Gasteiger partial charge in [-0.1, -0.05) is 61.9 Å². The Kier molecular flexibility index (Phi) is 8.73. The van der Waals surface area contributed by atoms with Gasteiger partial charge < -0.3 is 24.8 Å². The lowest BCUT2D eigenvalue weighted by Gasteiger charge is -2.31. The number of benzene rings is 3. The fourth-order valence-corrected chi connectivity index (χ4v) is 9.05. The zero-order chi connectivity index (χ0) is 38.9. The van der Waals surface area contributed by atoms with E-state index in [0.29, 0.717) is 28.8 Å². The molecular formula is C43H40FN5O7. The lowest BCUT2D eigenvalue weighted by Crippen LogP contribution is -2.44. The number of fused-ring (bicyclic) bond motifs is 8. The number of aliphatic hydroxyl groups is 1. The molecule has 0 saturated carbocycles. The highest BCUT2D eigenvalue weighted by Gasteiger charge is 2.45. The molecule has 3 N–H and O–H groups in total. The van der Waals surface area contributed by atoms with Crippen LogP contribution in [0.15, 0.2) is 71.5 Å². The second kappa shape index (κ2) is 13.7. The van der Waals surface area contributed by atoms with Gasteiger partial charge in [-0.3, -0.25) is 19.4 Å². The number of esters is 1. The maximum atomic E-state index is 16.0. The summed E-state index contributed by atoms with van der Waals surface area (Å²) in [4.78, 5) is 61.0. The Morgan fingerprint density at radius 2 is 1.70 bits per heavy atom. The SMILES string of the molecule is CC[C@@]1(O)C(=O)OCc2c1cc1n(c2=O)Cc2c-1nc1cc(F)c(NC(=O)CN(CC3c4ccccc4-c4ccccc43)C(=O)O)cc1c2CN1CCCCC1. The molecule has 2 amide bonds. The first kappa shape index (κ1) is 35.8. The molecule has 0 spiro atoms. The summed E-state index contributed by atoms with van der Waals surface area (Å²) in [6, 6.07) is 20.1. The largest absolute Gasteiger partial charge is 0.465 e. The monoisotopic (exact) mass is 757 g/mol. The number of rotatable bonds is 8. The van der Waals surface area contributed by atoms with E-state index in [1.54, 1.807) is 23.6 Å². The van der Waals surface area contributed by atoms with Crippen LogP contribution in [0, 0.1) is 5.82 Å². The van der Waals surface area contributed by atoms with Crippen LogP contribution in [0.25, 0.3) is 33.4 Å². The van der Waals surface area contributed by atoms with E-state index in [1.807, 2.05) is 48.5 Å². The maximum Gasteiger partial charge on any atom is 0.407 e. The molecule has 3 aliphatic heterocycles. The van der Waals surface area contributed by atoms with Gasteiger partial charge in [-0.25, -0.2) is 19.0 Å². The number of hydrogen-bond donors (Lipinski definition) is 3. The zero-order valence-electron chi connectivity index (χ0n) is 30.8. The van der Waals surface area contributed by atoms with Gasteiger partial charge in [-0.2, -0.15) is 0 Å². The van der Waals surface area contributed by atoms with Gasteiger partial charge in [-0.15, -0.1) is 0 Å². The minimum atomic E-state index is -1.99. The summed E-state index contributed by atoms with van der Waals surface area (Å²) < 4.78 is 22.8. The Labute approximate surface area is 321 Å². The first-order valence-electron chi connectivity index (χ1n) is 19.1. The smallest absolute Gasteiger partial charge is 0.407 e. The van der Waals surface area contributed by atoms with Crippen LogP contribution in [-0.2, 0) is 39.6 Å². The molecule has 286 valence electrons. The van der Waals surface area contributed by atoms with Gasteiger partial charge in [0.2, 0.25) is 5.91 Å². The van der Waals surface area contributed by atoms with Gasteiger partial charge in [0.15, 0.2) is 5.60 Å². The second-order valence-corrected chi connectivity index (χ2v) is 15.1. The fourth-order valence-electron chi connectivity index (χ4n) is 9.05. The number of nitrogens with one attached hydrogen (secondary N) is 1. The summed E-state index contributed by atoms with van der Waals surface area (Å²) in [5.74, 6) is -2.54. The highest BCUT2D eigenvalue weighted by molar-refractivity contribution is 5.98. The minimum Gasteiger partial charge on any atom is -0.465 e. The van der Waals surface area contributed by atoms with Crippen molar-refractivity contribution >= 4 is 34.6 Å². The van der Waals surface area contributed by atoms with E-state index < -0.39 is 41.5 Å². The number of likely N-dealkylation sites (tertiary alicyclic amines) is 1. The summed E-state index contributed by atoms with van der Waals surface area (Å²) in [7, 11) is 0. The number of hydrogen-bond acceptors (Lipinski definition) is 8. The van der Waals surface area contributed by atoms with Crippen LogP contribution in [0.2, 0.25) is 0 Å². The van der Waals surface area contributed by atoms with Crippen molar-refractivity contribution in [2.75, 3.05) is 31.5 Å². The third-order valence-corrected chi connectivity index (χ3v) is 12.0. The van der Waals surface area contributed by atoms with E-state index >= 15 is 4.39 Å². The molecule has 5 aromatic rings. The topological polar surface area (TPSA) is 154 Å². The van der Waals surface area contributed by atoms with Crippen molar-refractivity contribution in [3.05, 3.63) is 116 Å². The van der Waals surface area contributed by atoms with E-state index in [2.05, 4.69) is 10.2 Å². The molecule has 56 heavy (non-hydrogen) atoms. The van der Waals surface area contributed by atoms with Crippen LogP contribution in [0.3, 0.4) is 0 Å². The third-order valence-electron chi connectivity index (χ3n) is 12.0. The molecule has 1 saturated heterocycles. The average molecular weight is 758 g/mol. The highest BCUT2D eigenvalue weighted by Crippen LogP contribution is 2.45. The second-order valence-electron chi connectivity index (χ2n) is 15.1. The van der Waals surface area contributed by atoms with E-state index in [-0.39, 0.29) is 48.8 Å². The molecule has 12 nitrogen and oxygen atoms in total. The highest BCUT2D eigenvalue weighted by atomic mass is 19.1. The molecule has 3 aromatic carbocycles. The number of pyridine rings is 2. The number of aromatic nitrogens is 2. The quantitative estimate of drug-likeness (QED) is 0.160. The standard InChI is InChI=1S/C43H40FN5O7/c1-2-43(55)33-17-37-39-31(21-49(37)40(51)32(33)23-56-41(43)52)29(19-47-14-8-3-9-15-47)28-16-36(34(44)18-35(28)46-39)45-38(50)22-48(42(53)54)20-30-26-12-6-4-10-24(26)25-11-5-7-13-27(25)30/h4-7,10-13,16-18,30,55H,2-3,8-9,14-15,19-23H2,1H3,(H,45,50)(H,53,54)/t43-/m0/s1. The number of halogens is 1. The van der Waals surface area contributed by atoms with Crippen molar-refractivity contribution < 1.29 is 33.7 Å². The van der Waals surface area contributed by atoms with Gasteiger partial charge in [-0.05, 0) is 72.3 Å². The van der Waals surface area contributed by atoms with Crippen LogP contribution in [0.5, 0.6) is 0 Å². The molecule has 4 aliphatic rings. The average Bonchev–Trinajstić information content (AvgIpc) is 3.73. The molecule has 0 unspecified atom stereocenters. The van der Waals surface area contributed by atoms with Crippen molar-refractivity contribution in [1.29, 1.82) is 0 Å². The van der Waals surface area contributed by atoms with Crippen LogP contribution in [0.1, 0.15) is 71.9 Å². The van der Waals surface area contributed by atoms with Gasteiger partial charge in [0.05, 0.1) is 34.7 Å². The van der Waals surface area contributed by atoms with E-state index in [0.717, 1.165) is 70.6 Å². The molecule has 5 heterocycles. The number of carboxylic acid groups (broad SMARTS) is 1. The summed E-state index contributed by atoms with van der Waals surface area (Å²) in [5.41, 5.74) is 4.71. The number of amides is 2. The summed E-state index contributed by atoms with van der Waals surface area (Å²) in [5, 5.41) is 24.8. The first-order chi connectivity index (χ1) is 27.0. The molecule has 2 aromatic heterocycles. The van der Waals surface area contributed by atoms with Crippen molar-refractivity contribution in [1.82, 2.24) is 19.4 Å². The number of cyclic esters (lactones) is 1. The molecule has 1 fully saturated rings. The lowest BCUT2D eigenvalue weighted by atomic mass is 9.86. The number of carbonyl (C=O) groups is 3. The third kappa shape index (κ3) is 5.76. The van der Waals surface area contributed by atoms with E-state index in [9.17, 15) is 29.4 Å². The Morgan fingerprint density at radius 3 is 2.38 bits per heavy atom. The maximum absolute atomic E-state index is 16.0. The number of nitrogens with zero attached hydrogens (tertiary/aromatic N) is 4. The van der Waals surface area contributed by atoms with Crippen molar-refractivity contribution in [3.63, 3.8) is 0 Å². The first-order valence-corrected chi connectivity index (χ1v) is 19.1. The Morgan fingerprint density at radius 1 is 1.00 bits per heavy atom.